The standard InChI is InChI=1S/C31H36FN3O6/c1-18-7-8-20(32)13-26(18)40-17-24-22(11-12-25-29(24)35(5)30(37)31(3,4)34-25)23-10-9-21(14-27(23)38-6)39-16-19(2)41-28(36)15-33/h7-14,19,34H,15-17,33H2,1-6H3. The number of halogens is 1. The molecule has 1 atom stereocenters. The fraction of sp³-hybridized carbons (Fsp3) is 0.355. The third-order valence-electron chi connectivity index (χ3n) is 6.87. The third kappa shape index (κ3) is 6.38. The second-order valence-corrected chi connectivity index (χ2v) is 10.5. The quantitative estimate of drug-likeness (QED) is 0.337. The molecule has 9 nitrogen and oxygen atoms in total. The molecule has 218 valence electrons. The number of anilines is 2. The minimum Gasteiger partial charge on any atom is -0.496 e. The molecule has 0 bridgehead atoms. The van der Waals surface area contributed by atoms with Crippen LogP contribution in [0.3, 0.4) is 0 Å². The molecule has 3 N–H and O–H groups in total. The number of aryl methyl sites for hydroxylation is 1. The summed E-state index contributed by atoms with van der Waals surface area (Å²) in [6.45, 7) is 7.21. The molecule has 41 heavy (non-hydrogen) atoms. The average molecular weight is 566 g/mol. The zero-order chi connectivity index (χ0) is 29.9. The Kier molecular flexibility index (Phi) is 8.72. The first-order chi connectivity index (χ1) is 19.4. The van der Waals surface area contributed by atoms with Crippen molar-refractivity contribution in [3.63, 3.8) is 0 Å². The van der Waals surface area contributed by atoms with Crippen LogP contribution in [-0.4, -0.2) is 50.8 Å². The Morgan fingerprint density at radius 2 is 1.80 bits per heavy atom. The summed E-state index contributed by atoms with van der Waals surface area (Å²) in [5.74, 6) is 0.433. The van der Waals surface area contributed by atoms with E-state index in [9.17, 15) is 14.0 Å². The monoisotopic (exact) mass is 565 g/mol. The number of likely N-dealkylation sites (N-methyl/N-ethyl adjacent to an activating group) is 1. The Labute approximate surface area is 239 Å². The van der Waals surface area contributed by atoms with Crippen molar-refractivity contribution in [2.75, 3.05) is 37.5 Å². The maximum absolute atomic E-state index is 14.0. The molecule has 3 aromatic rings. The number of hydrogen-bond donors (Lipinski definition) is 2. The van der Waals surface area contributed by atoms with Crippen LogP contribution in [-0.2, 0) is 20.9 Å². The lowest BCUT2D eigenvalue weighted by Gasteiger charge is -2.39. The number of carbonyl (C=O) groups excluding carboxylic acids is 2. The molecule has 1 unspecified atom stereocenters. The van der Waals surface area contributed by atoms with Crippen LogP contribution in [0.4, 0.5) is 15.8 Å². The van der Waals surface area contributed by atoms with Crippen LogP contribution < -0.4 is 30.2 Å². The van der Waals surface area contributed by atoms with Crippen molar-refractivity contribution in [2.45, 2.75) is 45.9 Å². The van der Waals surface area contributed by atoms with Crippen LogP contribution in [0.5, 0.6) is 17.2 Å². The molecule has 3 aromatic carbocycles. The molecule has 0 radical (unpaired) electrons. The molecular formula is C31H36FN3O6. The smallest absolute Gasteiger partial charge is 0.320 e. The number of rotatable bonds is 10. The van der Waals surface area contributed by atoms with Gasteiger partial charge in [-0.05, 0) is 63.1 Å². The largest absolute Gasteiger partial charge is 0.496 e. The van der Waals surface area contributed by atoms with Gasteiger partial charge in [0, 0.05) is 30.3 Å². The highest BCUT2D eigenvalue weighted by molar-refractivity contribution is 6.08. The molecule has 0 spiro atoms. The number of carbonyl (C=O) groups is 2. The zero-order valence-corrected chi connectivity index (χ0v) is 24.2. The number of amides is 1. The van der Waals surface area contributed by atoms with Crippen molar-refractivity contribution < 1.29 is 32.9 Å². The zero-order valence-electron chi connectivity index (χ0n) is 24.2. The molecule has 1 aliphatic heterocycles. The van der Waals surface area contributed by atoms with Gasteiger partial charge in [0.05, 0.1) is 25.0 Å². The number of hydrogen-bond acceptors (Lipinski definition) is 8. The molecule has 1 aliphatic rings. The molecule has 0 saturated carbocycles. The maximum Gasteiger partial charge on any atom is 0.320 e. The number of nitrogens with two attached hydrogens (primary N) is 1. The Morgan fingerprint density at radius 1 is 1.07 bits per heavy atom. The van der Waals surface area contributed by atoms with E-state index in [4.69, 9.17) is 24.7 Å². The topological polar surface area (TPSA) is 112 Å². The van der Waals surface area contributed by atoms with E-state index in [0.717, 1.165) is 27.9 Å². The average Bonchev–Trinajstić information content (AvgIpc) is 2.94. The van der Waals surface area contributed by atoms with E-state index in [2.05, 4.69) is 5.32 Å². The number of esters is 1. The number of nitrogens with zero attached hydrogens (tertiary/aromatic N) is 1. The van der Waals surface area contributed by atoms with Crippen molar-refractivity contribution in [3.05, 3.63) is 65.5 Å². The number of ether oxygens (including phenoxy) is 4. The predicted octanol–water partition coefficient (Wildman–Crippen LogP) is 4.82. The number of fused-ring (bicyclic) bond motifs is 1. The van der Waals surface area contributed by atoms with Gasteiger partial charge < -0.3 is 34.9 Å². The summed E-state index contributed by atoms with van der Waals surface area (Å²) in [6, 6.07) is 13.6. The highest BCUT2D eigenvalue weighted by atomic mass is 19.1. The predicted molar refractivity (Wildman–Crippen MR) is 155 cm³/mol. The Balaban J connectivity index is 1.74. The SMILES string of the molecule is COc1cc(OCC(C)OC(=O)CN)ccc1-c1ccc2c(c1COc1cc(F)ccc1C)N(C)C(=O)C(C)(C)N2. The normalized spacial score (nSPS) is 14.5. The fourth-order valence-electron chi connectivity index (χ4n) is 4.81. The molecule has 0 saturated heterocycles. The maximum atomic E-state index is 14.0. The minimum absolute atomic E-state index is 0.0635. The molecule has 0 fully saturated rings. The molecule has 0 aliphatic carbocycles. The summed E-state index contributed by atoms with van der Waals surface area (Å²) >= 11 is 0. The second-order valence-electron chi connectivity index (χ2n) is 10.5. The molecular weight excluding hydrogens is 529 g/mol. The first-order valence-corrected chi connectivity index (χ1v) is 13.3. The lowest BCUT2D eigenvalue weighted by Crippen LogP contribution is -2.52. The van der Waals surface area contributed by atoms with Crippen LogP contribution in [0.1, 0.15) is 31.9 Å². The highest BCUT2D eigenvalue weighted by Crippen LogP contribution is 2.45. The van der Waals surface area contributed by atoms with E-state index in [0.29, 0.717) is 22.9 Å². The number of benzene rings is 3. The molecule has 4 rings (SSSR count). The Hall–Kier alpha value is -4.31. The molecule has 1 amide bonds. The van der Waals surface area contributed by atoms with E-state index in [1.807, 2.05) is 39.0 Å². The summed E-state index contributed by atoms with van der Waals surface area (Å²) in [7, 11) is 3.29. The van der Waals surface area contributed by atoms with Gasteiger partial charge in [0.1, 0.15) is 47.9 Å². The Morgan fingerprint density at radius 3 is 2.51 bits per heavy atom. The van der Waals surface area contributed by atoms with E-state index in [1.165, 1.54) is 12.1 Å². The van der Waals surface area contributed by atoms with E-state index in [-0.39, 0.29) is 25.7 Å². The molecule has 10 heteroatoms. The summed E-state index contributed by atoms with van der Waals surface area (Å²) in [5.41, 5.74) is 8.97. The highest BCUT2D eigenvalue weighted by Gasteiger charge is 2.38. The van der Waals surface area contributed by atoms with Gasteiger partial charge in [0.15, 0.2) is 0 Å². The van der Waals surface area contributed by atoms with Gasteiger partial charge >= 0.3 is 5.97 Å². The van der Waals surface area contributed by atoms with Gasteiger partial charge in [0.2, 0.25) is 0 Å². The lowest BCUT2D eigenvalue weighted by molar-refractivity contribution is -0.147. The van der Waals surface area contributed by atoms with Gasteiger partial charge in [-0.3, -0.25) is 9.59 Å². The van der Waals surface area contributed by atoms with Crippen LogP contribution >= 0.6 is 0 Å². The summed E-state index contributed by atoms with van der Waals surface area (Å²) in [6.07, 6.45) is -0.489. The second kappa shape index (κ2) is 12.1. The van der Waals surface area contributed by atoms with Crippen molar-refractivity contribution in [1.29, 1.82) is 0 Å². The van der Waals surface area contributed by atoms with Crippen molar-refractivity contribution in [2.24, 2.45) is 5.73 Å². The minimum atomic E-state index is -0.799. The summed E-state index contributed by atoms with van der Waals surface area (Å²) in [5, 5.41) is 3.34. The van der Waals surface area contributed by atoms with E-state index >= 15 is 0 Å². The number of methoxy groups -OCH3 is 1. The molecule has 0 aromatic heterocycles. The van der Waals surface area contributed by atoms with E-state index in [1.54, 1.807) is 44.2 Å². The van der Waals surface area contributed by atoms with Gasteiger partial charge in [-0.1, -0.05) is 12.1 Å². The van der Waals surface area contributed by atoms with Crippen LogP contribution in [0.15, 0.2) is 48.5 Å². The summed E-state index contributed by atoms with van der Waals surface area (Å²) in [4.78, 5) is 26.3. The first-order valence-electron chi connectivity index (χ1n) is 13.3. The van der Waals surface area contributed by atoms with Crippen molar-refractivity contribution in [3.8, 4) is 28.4 Å². The Bertz CT molecular complexity index is 1460. The van der Waals surface area contributed by atoms with Crippen LogP contribution in [0.25, 0.3) is 11.1 Å². The van der Waals surface area contributed by atoms with Gasteiger partial charge in [0.25, 0.3) is 5.91 Å². The van der Waals surface area contributed by atoms with Crippen LogP contribution in [0.2, 0.25) is 0 Å². The van der Waals surface area contributed by atoms with E-state index < -0.39 is 23.4 Å². The van der Waals surface area contributed by atoms with Crippen LogP contribution in [0, 0.1) is 12.7 Å². The first kappa shape index (κ1) is 29.7. The third-order valence-corrected chi connectivity index (χ3v) is 6.87. The van der Waals surface area contributed by atoms with Crippen molar-refractivity contribution >= 4 is 23.3 Å². The fourth-order valence-corrected chi connectivity index (χ4v) is 4.81. The number of nitrogens with one attached hydrogen (secondary N) is 1. The van der Waals surface area contributed by atoms with Gasteiger partial charge in [-0.15, -0.1) is 0 Å². The van der Waals surface area contributed by atoms with Crippen molar-refractivity contribution in [1.82, 2.24) is 0 Å². The molecule has 1 heterocycles. The lowest BCUT2D eigenvalue weighted by atomic mass is 9.91. The summed E-state index contributed by atoms with van der Waals surface area (Å²) < 4.78 is 36.9. The van der Waals surface area contributed by atoms with Gasteiger partial charge in [-0.2, -0.15) is 0 Å². The van der Waals surface area contributed by atoms with Gasteiger partial charge in [-0.25, -0.2) is 4.39 Å².